The first-order valence-corrected chi connectivity index (χ1v) is 11.0. The minimum atomic E-state index is -0.0780. The van der Waals surface area contributed by atoms with Gasteiger partial charge in [-0.25, -0.2) is 0 Å². The van der Waals surface area contributed by atoms with Crippen molar-refractivity contribution in [1.82, 2.24) is 30.0 Å². The van der Waals surface area contributed by atoms with Crippen LogP contribution in [-0.4, -0.2) is 75.9 Å². The molecule has 174 valence electrons. The Morgan fingerprint density at radius 3 is 2.74 bits per heavy atom. The van der Waals surface area contributed by atoms with Gasteiger partial charge in [0.2, 0.25) is 5.95 Å². The summed E-state index contributed by atoms with van der Waals surface area (Å²) in [4.78, 5) is 29.8. The highest BCUT2D eigenvalue weighted by molar-refractivity contribution is 5.94. The highest BCUT2D eigenvalue weighted by Gasteiger charge is 2.24. The van der Waals surface area contributed by atoms with Crippen LogP contribution in [0.25, 0.3) is 22.3 Å². The summed E-state index contributed by atoms with van der Waals surface area (Å²) in [5, 5.41) is 8.04. The Morgan fingerprint density at radius 1 is 1.15 bits per heavy atom. The summed E-state index contributed by atoms with van der Waals surface area (Å²) < 4.78 is 11.6. The van der Waals surface area contributed by atoms with Crippen molar-refractivity contribution in [2.75, 3.05) is 38.8 Å². The van der Waals surface area contributed by atoms with Gasteiger partial charge < -0.3 is 19.3 Å². The number of aromatic nitrogens is 5. The number of aromatic amines is 1. The lowest BCUT2D eigenvalue weighted by atomic mass is 10.1. The molecule has 1 N–H and O–H groups in total. The molecule has 1 aliphatic heterocycles. The lowest BCUT2D eigenvalue weighted by molar-refractivity contribution is 0.0827. The van der Waals surface area contributed by atoms with E-state index in [0.29, 0.717) is 42.8 Å². The predicted octanol–water partition coefficient (Wildman–Crippen LogP) is 3.13. The van der Waals surface area contributed by atoms with Crippen LogP contribution in [0.4, 0.5) is 5.95 Å². The molecule has 0 aliphatic carbocycles. The number of fused-ring (bicyclic) bond motifs is 1. The number of carbonyl (C=O) groups excluding carboxylic acids is 1. The molecule has 34 heavy (non-hydrogen) atoms. The van der Waals surface area contributed by atoms with Gasteiger partial charge in [0.15, 0.2) is 5.82 Å². The molecule has 5 rings (SSSR count). The zero-order chi connectivity index (χ0) is 23.7. The Hall–Kier alpha value is -4.05. The van der Waals surface area contributed by atoms with Gasteiger partial charge in [0.25, 0.3) is 5.91 Å². The Kier molecular flexibility index (Phi) is 5.81. The van der Waals surface area contributed by atoms with Gasteiger partial charge in [0.05, 0.1) is 31.0 Å². The molecular weight excluding hydrogens is 434 g/mol. The summed E-state index contributed by atoms with van der Waals surface area (Å²) in [6.07, 6.45) is 1.76. The summed E-state index contributed by atoms with van der Waals surface area (Å²) in [5.41, 5.74) is 2.29. The standard InChI is InChI=1S/C24H25N7O3/c1-15-14-33-12-11-31(15)23-26-21(18-5-4-6-20-19(18)13-25-29-20)27-24(28-23)34-17-9-7-16(8-10-17)22(32)30(2)3/h4-10,13,15H,11-12,14H2,1-3H3,(H,25,29). The number of nitrogens with one attached hydrogen (secondary N) is 1. The van der Waals surface area contributed by atoms with Gasteiger partial charge in [-0.15, -0.1) is 0 Å². The minimum Gasteiger partial charge on any atom is -0.424 e. The van der Waals surface area contributed by atoms with E-state index in [9.17, 15) is 4.79 Å². The maximum absolute atomic E-state index is 12.2. The molecular formula is C24H25N7O3. The van der Waals surface area contributed by atoms with Crippen LogP contribution in [0.2, 0.25) is 0 Å². The number of hydrogen-bond donors (Lipinski definition) is 1. The molecule has 0 spiro atoms. The molecule has 2 aromatic carbocycles. The van der Waals surface area contributed by atoms with Crippen LogP contribution in [0, 0.1) is 0 Å². The molecule has 0 saturated carbocycles. The van der Waals surface area contributed by atoms with Gasteiger partial charge in [-0.1, -0.05) is 12.1 Å². The van der Waals surface area contributed by atoms with E-state index in [1.807, 2.05) is 18.2 Å². The van der Waals surface area contributed by atoms with E-state index in [-0.39, 0.29) is 18.0 Å². The van der Waals surface area contributed by atoms with E-state index in [1.54, 1.807) is 44.6 Å². The Labute approximate surface area is 196 Å². The molecule has 3 heterocycles. The maximum atomic E-state index is 12.2. The van der Waals surface area contributed by atoms with Crippen LogP contribution in [0.3, 0.4) is 0 Å². The second-order valence-electron chi connectivity index (χ2n) is 8.32. The maximum Gasteiger partial charge on any atom is 0.327 e. The van der Waals surface area contributed by atoms with Gasteiger partial charge in [0.1, 0.15) is 5.75 Å². The minimum absolute atomic E-state index is 0.0780. The molecule has 1 aliphatic rings. The largest absolute Gasteiger partial charge is 0.424 e. The average Bonchev–Trinajstić information content (AvgIpc) is 3.33. The second kappa shape index (κ2) is 9.06. The van der Waals surface area contributed by atoms with Crippen LogP contribution >= 0.6 is 0 Å². The topological polar surface area (TPSA) is 109 Å². The quantitative estimate of drug-likeness (QED) is 0.485. The zero-order valence-electron chi connectivity index (χ0n) is 19.2. The molecule has 0 bridgehead atoms. The van der Waals surface area contributed by atoms with Gasteiger partial charge in [-0.3, -0.25) is 9.89 Å². The van der Waals surface area contributed by atoms with Gasteiger partial charge in [-0.2, -0.15) is 20.1 Å². The smallest absolute Gasteiger partial charge is 0.327 e. The monoisotopic (exact) mass is 459 g/mol. The first kappa shape index (κ1) is 21.8. The Morgan fingerprint density at radius 2 is 1.97 bits per heavy atom. The number of carbonyl (C=O) groups is 1. The Bertz CT molecular complexity index is 1320. The third kappa shape index (κ3) is 4.27. The summed E-state index contributed by atoms with van der Waals surface area (Å²) in [5.74, 6) is 1.46. The van der Waals surface area contributed by atoms with Crippen LogP contribution in [-0.2, 0) is 4.74 Å². The van der Waals surface area contributed by atoms with Crippen LogP contribution in [0.15, 0.2) is 48.7 Å². The second-order valence-corrected chi connectivity index (χ2v) is 8.32. The van der Waals surface area contributed by atoms with E-state index in [2.05, 4.69) is 32.0 Å². The third-order valence-electron chi connectivity index (χ3n) is 5.67. The van der Waals surface area contributed by atoms with Crippen molar-refractivity contribution < 1.29 is 14.3 Å². The van der Waals surface area contributed by atoms with Crippen molar-refractivity contribution in [2.24, 2.45) is 0 Å². The fraction of sp³-hybridized carbons (Fsp3) is 0.292. The number of rotatable bonds is 5. The summed E-state index contributed by atoms with van der Waals surface area (Å²) in [6, 6.07) is 13.0. The Balaban J connectivity index is 1.54. The van der Waals surface area contributed by atoms with Crippen molar-refractivity contribution >= 4 is 22.8 Å². The number of morpholine rings is 1. The molecule has 4 aromatic rings. The van der Waals surface area contributed by atoms with Crippen LogP contribution < -0.4 is 9.64 Å². The summed E-state index contributed by atoms with van der Waals surface area (Å²) >= 11 is 0. The van der Waals surface area contributed by atoms with Crippen molar-refractivity contribution in [2.45, 2.75) is 13.0 Å². The number of H-pyrrole nitrogens is 1. The van der Waals surface area contributed by atoms with E-state index in [4.69, 9.17) is 14.5 Å². The molecule has 0 radical (unpaired) electrons. The molecule has 1 saturated heterocycles. The number of hydrogen-bond acceptors (Lipinski definition) is 8. The zero-order valence-corrected chi connectivity index (χ0v) is 19.2. The van der Waals surface area contributed by atoms with Gasteiger partial charge in [-0.05, 0) is 37.3 Å². The van der Waals surface area contributed by atoms with E-state index >= 15 is 0 Å². The fourth-order valence-corrected chi connectivity index (χ4v) is 3.86. The first-order valence-electron chi connectivity index (χ1n) is 11.0. The number of nitrogens with zero attached hydrogens (tertiary/aromatic N) is 6. The highest BCUT2D eigenvalue weighted by atomic mass is 16.5. The molecule has 1 atom stereocenters. The molecule has 10 nitrogen and oxygen atoms in total. The van der Waals surface area contributed by atoms with E-state index < -0.39 is 0 Å². The number of amides is 1. The summed E-state index contributed by atoms with van der Waals surface area (Å²) in [7, 11) is 3.43. The average molecular weight is 460 g/mol. The molecule has 1 fully saturated rings. The molecule has 2 aromatic heterocycles. The van der Waals surface area contributed by atoms with Crippen molar-refractivity contribution in [3.63, 3.8) is 0 Å². The summed E-state index contributed by atoms with van der Waals surface area (Å²) in [6.45, 7) is 3.93. The predicted molar refractivity (Wildman–Crippen MR) is 127 cm³/mol. The van der Waals surface area contributed by atoms with E-state index in [1.165, 1.54) is 4.90 Å². The lowest BCUT2D eigenvalue weighted by Crippen LogP contribution is -2.44. The molecule has 1 unspecified atom stereocenters. The number of anilines is 1. The molecule has 10 heteroatoms. The highest BCUT2D eigenvalue weighted by Crippen LogP contribution is 2.29. The SMILES string of the molecule is CC1COCCN1c1nc(Oc2ccc(C(=O)N(C)C)cc2)nc(-c2cccc3[nH]ncc23)n1. The number of benzene rings is 2. The van der Waals surface area contributed by atoms with E-state index in [0.717, 1.165) is 16.5 Å². The van der Waals surface area contributed by atoms with Gasteiger partial charge >= 0.3 is 6.01 Å². The van der Waals surface area contributed by atoms with Crippen molar-refractivity contribution in [3.8, 4) is 23.1 Å². The normalized spacial score (nSPS) is 16.0. The molecule has 1 amide bonds. The van der Waals surface area contributed by atoms with Crippen molar-refractivity contribution in [1.29, 1.82) is 0 Å². The lowest BCUT2D eigenvalue weighted by Gasteiger charge is -2.33. The fourth-order valence-electron chi connectivity index (χ4n) is 3.86. The van der Waals surface area contributed by atoms with Crippen LogP contribution in [0.5, 0.6) is 11.8 Å². The van der Waals surface area contributed by atoms with Gasteiger partial charge in [0, 0.05) is 37.2 Å². The third-order valence-corrected chi connectivity index (χ3v) is 5.67. The van der Waals surface area contributed by atoms with Crippen molar-refractivity contribution in [3.05, 3.63) is 54.2 Å². The first-order chi connectivity index (χ1) is 16.5. The number of ether oxygens (including phenoxy) is 2. The van der Waals surface area contributed by atoms with Crippen LogP contribution in [0.1, 0.15) is 17.3 Å².